The summed E-state index contributed by atoms with van der Waals surface area (Å²) in [6.07, 6.45) is 5.06. The fourth-order valence-corrected chi connectivity index (χ4v) is 4.22. The Morgan fingerprint density at radius 1 is 0.762 bits per heavy atom. The molecule has 2 rings (SSSR count). The lowest BCUT2D eigenvalue weighted by molar-refractivity contribution is -0.144. The van der Waals surface area contributed by atoms with Gasteiger partial charge in [0, 0.05) is 13.2 Å². The molecule has 2 amide bonds. The van der Waals surface area contributed by atoms with Gasteiger partial charge in [-0.2, -0.15) is 27.0 Å². The van der Waals surface area contributed by atoms with Gasteiger partial charge in [0.1, 0.15) is 17.2 Å². The Bertz CT molecular complexity index is 735. The highest BCUT2D eigenvalue weighted by atomic mass is 32.1. The number of alkyl carbamates (subject to hydrolysis) is 2. The van der Waals surface area contributed by atoms with Crippen LogP contribution in [0.4, 0.5) is 9.59 Å². The number of aliphatic hydroxyl groups is 1. The van der Waals surface area contributed by atoms with Crippen LogP contribution in [0.25, 0.3) is 0 Å². The molecule has 2 atom stereocenters. The van der Waals surface area contributed by atoms with Crippen LogP contribution in [0.3, 0.4) is 0 Å². The Hall–Kier alpha value is -1.37. The second-order valence-corrected chi connectivity index (χ2v) is 12.9. The fraction of sp³-hybridized carbons (Fsp3) is 0.900. The quantitative estimate of drug-likeness (QED) is 0.230. The molecule has 2 fully saturated rings. The fourth-order valence-electron chi connectivity index (χ4n) is 4.22. The van der Waals surface area contributed by atoms with Crippen LogP contribution in [0.1, 0.15) is 115 Å². The average molecular weight is 645 g/mol. The number of hydrogen-bond donors (Lipinski definition) is 3. The van der Waals surface area contributed by atoms with E-state index in [4.69, 9.17) is 14.2 Å². The van der Waals surface area contributed by atoms with Crippen molar-refractivity contribution in [1.82, 2.24) is 10.6 Å². The van der Waals surface area contributed by atoms with E-state index in [1.165, 1.54) is 20.0 Å². The molecule has 12 heteroatoms. The molecule has 10 nitrogen and oxygen atoms in total. The molecule has 1 heterocycles. The second kappa shape index (κ2) is 22.2. The van der Waals surface area contributed by atoms with Crippen LogP contribution in [0.2, 0.25) is 0 Å². The molecule has 0 spiro atoms. The molecule has 3 N–H and O–H groups in total. The summed E-state index contributed by atoms with van der Waals surface area (Å²) in [5, 5.41) is 15.9. The minimum absolute atomic E-state index is 0. The third kappa shape index (κ3) is 21.3. The summed E-state index contributed by atoms with van der Waals surface area (Å²) in [6, 6.07) is -0.922. The summed E-state index contributed by atoms with van der Waals surface area (Å²) in [5.74, 6) is -0.346. The maximum absolute atomic E-state index is 11.8. The number of carbonyl (C=O) groups excluding carboxylic acids is 3. The molecule has 0 radical (unpaired) electrons. The summed E-state index contributed by atoms with van der Waals surface area (Å²) in [5.41, 5.74) is -1.86. The first-order chi connectivity index (χ1) is 17.8. The van der Waals surface area contributed by atoms with Gasteiger partial charge in [-0.15, -0.1) is 0 Å². The van der Waals surface area contributed by atoms with Crippen molar-refractivity contribution in [2.75, 3.05) is 20.3 Å². The van der Waals surface area contributed by atoms with Gasteiger partial charge in [0.25, 0.3) is 0 Å². The molecule has 1 aliphatic heterocycles. The first-order valence-corrected chi connectivity index (χ1v) is 14.2. The van der Waals surface area contributed by atoms with Gasteiger partial charge in [-0.25, -0.2) is 14.4 Å². The zero-order valence-corrected chi connectivity index (χ0v) is 29.3. The Morgan fingerprint density at radius 2 is 1.17 bits per heavy atom. The lowest BCUT2D eigenvalue weighted by atomic mass is 9.85. The molecule has 0 aromatic heterocycles. The number of nitrogens with one attached hydrogen (secondary N) is 2. The SMILES string of the molecule is C.C1CCOC1.CC(C)[C@H](NC(=O)OC(C)(C)C)C1(O)CCCC1.COC(=O)[C@@H](NC(=O)OC(C)(C)C)C(C)C.S.S. The van der Waals surface area contributed by atoms with E-state index in [2.05, 4.69) is 15.4 Å². The lowest BCUT2D eigenvalue weighted by Gasteiger charge is -2.36. The van der Waals surface area contributed by atoms with Gasteiger partial charge >= 0.3 is 18.2 Å². The first kappa shape index (κ1) is 47.6. The molecule has 0 bridgehead atoms. The molecular weight excluding hydrogens is 580 g/mol. The molecule has 0 aromatic rings. The van der Waals surface area contributed by atoms with Crippen molar-refractivity contribution in [3.63, 3.8) is 0 Å². The molecule has 0 aromatic carbocycles. The van der Waals surface area contributed by atoms with Crippen molar-refractivity contribution in [1.29, 1.82) is 0 Å². The van der Waals surface area contributed by atoms with E-state index in [1.54, 1.807) is 20.8 Å². The largest absolute Gasteiger partial charge is 0.467 e. The highest BCUT2D eigenvalue weighted by molar-refractivity contribution is 7.59. The third-order valence-electron chi connectivity index (χ3n) is 6.01. The number of amides is 2. The summed E-state index contributed by atoms with van der Waals surface area (Å²) in [4.78, 5) is 34.6. The van der Waals surface area contributed by atoms with Crippen LogP contribution < -0.4 is 10.6 Å². The van der Waals surface area contributed by atoms with Gasteiger partial charge in [-0.1, -0.05) is 48.0 Å². The van der Waals surface area contributed by atoms with E-state index in [-0.39, 0.29) is 52.3 Å². The van der Waals surface area contributed by atoms with Crippen LogP contribution in [0.5, 0.6) is 0 Å². The second-order valence-electron chi connectivity index (χ2n) is 12.9. The minimum atomic E-state index is -0.773. The predicted molar refractivity (Wildman–Crippen MR) is 179 cm³/mol. The Balaban J connectivity index is -0.000000278. The highest BCUT2D eigenvalue weighted by Crippen LogP contribution is 2.35. The van der Waals surface area contributed by atoms with Crippen LogP contribution in [0.15, 0.2) is 0 Å². The molecular formula is C30H64N2O8S2. The summed E-state index contributed by atoms with van der Waals surface area (Å²) in [6.45, 7) is 20.4. The van der Waals surface area contributed by atoms with E-state index in [0.29, 0.717) is 0 Å². The summed E-state index contributed by atoms with van der Waals surface area (Å²) >= 11 is 0. The van der Waals surface area contributed by atoms with Gasteiger partial charge in [-0.05, 0) is 79.1 Å². The Morgan fingerprint density at radius 3 is 1.45 bits per heavy atom. The number of ether oxygens (including phenoxy) is 4. The maximum atomic E-state index is 11.8. The number of rotatable bonds is 6. The highest BCUT2D eigenvalue weighted by Gasteiger charge is 2.42. The number of carbonyl (C=O) groups is 3. The number of methoxy groups -OCH3 is 1. The monoisotopic (exact) mass is 644 g/mol. The van der Waals surface area contributed by atoms with Gasteiger partial charge in [-0.3, -0.25) is 0 Å². The average Bonchev–Trinajstić information content (AvgIpc) is 3.49. The van der Waals surface area contributed by atoms with Crippen LogP contribution in [-0.2, 0) is 23.7 Å². The standard InChI is InChI=1S/C14H27NO3.C11H21NO4.C4H8O.CH4.2H2S/c1-10(2)11(14(17)8-6-7-9-14)15-12(16)18-13(3,4)5;1-7(2)8(9(13)15-6)12-10(14)16-11(3,4)5;1-2-4-5-3-1;;;/h10-11,17H,6-9H2,1-5H3,(H,15,16);7-8H,1-6H3,(H,12,14);1-4H2;1H4;2*1H2/t11-;8-;;;;/m00..../s1. The van der Waals surface area contributed by atoms with Gasteiger partial charge in [0.15, 0.2) is 0 Å². The van der Waals surface area contributed by atoms with Crippen molar-refractivity contribution in [3.8, 4) is 0 Å². The van der Waals surface area contributed by atoms with Crippen LogP contribution >= 0.6 is 27.0 Å². The molecule has 2 aliphatic rings. The molecule has 254 valence electrons. The lowest BCUT2D eigenvalue weighted by Crippen LogP contribution is -2.55. The minimum Gasteiger partial charge on any atom is -0.467 e. The van der Waals surface area contributed by atoms with E-state index >= 15 is 0 Å². The zero-order chi connectivity index (χ0) is 30.4. The van der Waals surface area contributed by atoms with Gasteiger partial charge < -0.3 is 34.7 Å². The van der Waals surface area contributed by atoms with Gasteiger partial charge in [0.2, 0.25) is 0 Å². The number of esters is 1. The molecule has 0 unspecified atom stereocenters. The predicted octanol–water partition coefficient (Wildman–Crippen LogP) is 6.21. The summed E-state index contributed by atoms with van der Waals surface area (Å²) in [7, 11) is 1.29. The topological polar surface area (TPSA) is 132 Å². The molecule has 1 aliphatic carbocycles. The molecule has 1 saturated carbocycles. The molecule has 42 heavy (non-hydrogen) atoms. The molecule has 1 saturated heterocycles. The first-order valence-electron chi connectivity index (χ1n) is 14.2. The van der Waals surface area contributed by atoms with E-state index < -0.39 is 41.0 Å². The van der Waals surface area contributed by atoms with E-state index in [9.17, 15) is 19.5 Å². The summed E-state index contributed by atoms with van der Waals surface area (Å²) < 4.78 is 19.9. The maximum Gasteiger partial charge on any atom is 0.408 e. The van der Waals surface area contributed by atoms with E-state index in [0.717, 1.165) is 38.9 Å². The normalized spacial score (nSPS) is 16.8. The van der Waals surface area contributed by atoms with Gasteiger partial charge in [0.05, 0.1) is 18.8 Å². The Kier molecular flexibility index (Phi) is 25.1. The number of hydrogen-bond acceptors (Lipinski definition) is 8. The van der Waals surface area contributed by atoms with Crippen molar-refractivity contribution in [2.24, 2.45) is 11.8 Å². The van der Waals surface area contributed by atoms with Crippen LogP contribution in [-0.4, -0.2) is 72.5 Å². The smallest absolute Gasteiger partial charge is 0.408 e. The van der Waals surface area contributed by atoms with Crippen molar-refractivity contribution in [2.45, 2.75) is 144 Å². The zero-order valence-electron chi connectivity index (χ0n) is 27.3. The Labute approximate surface area is 270 Å². The third-order valence-corrected chi connectivity index (χ3v) is 6.01. The van der Waals surface area contributed by atoms with Crippen molar-refractivity contribution in [3.05, 3.63) is 0 Å². The van der Waals surface area contributed by atoms with E-state index in [1.807, 2.05) is 48.5 Å². The van der Waals surface area contributed by atoms with Crippen molar-refractivity contribution < 1.29 is 38.4 Å². The van der Waals surface area contributed by atoms with Crippen molar-refractivity contribution >= 4 is 45.1 Å². The van der Waals surface area contributed by atoms with Crippen LogP contribution in [0, 0.1) is 11.8 Å².